The summed E-state index contributed by atoms with van der Waals surface area (Å²) >= 11 is 5.95. The lowest BCUT2D eigenvalue weighted by molar-refractivity contribution is -0.129. The van der Waals surface area contributed by atoms with Gasteiger partial charge in [-0.3, -0.25) is 4.79 Å². The molecule has 0 bridgehead atoms. The molecule has 0 aliphatic carbocycles. The van der Waals surface area contributed by atoms with E-state index in [1.54, 1.807) is 11.0 Å². The van der Waals surface area contributed by atoms with E-state index < -0.39 is 5.82 Å². The third kappa shape index (κ3) is 3.49. The van der Waals surface area contributed by atoms with E-state index in [1.807, 2.05) is 0 Å². The molecule has 1 aromatic rings. The van der Waals surface area contributed by atoms with Crippen LogP contribution in [0.15, 0.2) is 18.2 Å². The summed E-state index contributed by atoms with van der Waals surface area (Å²) in [5, 5.41) is 0.298. The highest BCUT2D eigenvalue weighted by molar-refractivity contribution is 6.31. The third-order valence-corrected chi connectivity index (χ3v) is 4.21. The summed E-state index contributed by atoms with van der Waals surface area (Å²) in [5.41, 5.74) is 6.72. The zero-order valence-electron chi connectivity index (χ0n) is 11.6. The van der Waals surface area contributed by atoms with Crippen molar-refractivity contribution in [3.63, 3.8) is 0 Å². The predicted octanol–water partition coefficient (Wildman–Crippen LogP) is 2.61. The van der Waals surface area contributed by atoms with Crippen LogP contribution in [-0.2, 0) is 11.2 Å². The van der Waals surface area contributed by atoms with E-state index in [0.29, 0.717) is 29.6 Å². The van der Waals surface area contributed by atoms with Gasteiger partial charge >= 0.3 is 0 Å². The average molecular weight is 299 g/mol. The Kier molecular flexibility index (Phi) is 5.00. The molecule has 0 aromatic heterocycles. The van der Waals surface area contributed by atoms with Gasteiger partial charge in [0.05, 0.1) is 6.42 Å². The second-order valence-electron chi connectivity index (χ2n) is 5.42. The van der Waals surface area contributed by atoms with Crippen LogP contribution in [0.4, 0.5) is 4.39 Å². The van der Waals surface area contributed by atoms with E-state index in [4.69, 9.17) is 17.3 Å². The second-order valence-corrected chi connectivity index (χ2v) is 5.83. The monoisotopic (exact) mass is 298 g/mol. The molecule has 3 nitrogen and oxygen atoms in total. The number of halogens is 2. The first-order valence-corrected chi connectivity index (χ1v) is 7.36. The van der Waals surface area contributed by atoms with Crippen molar-refractivity contribution in [3.8, 4) is 0 Å². The van der Waals surface area contributed by atoms with E-state index in [9.17, 15) is 9.18 Å². The Labute approximate surface area is 123 Å². The molecule has 20 heavy (non-hydrogen) atoms. The maximum atomic E-state index is 13.0. The Balaban J connectivity index is 1.99. The Hall–Kier alpha value is -1.13. The largest absolute Gasteiger partial charge is 0.341 e. The number of rotatable bonds is 4. The number of nitrogens with two attached hydrogens (primary N) is 1. The van der Waals surface area contributed by atoms with Crippen molar-refractivity contribution in [2.75, 3.05) is 13.1 Å². The normalized spacial score (nSPS) is 22.3. The first kappa shape index (κ1) is 15.3. The highest BCUT2D eigenvalue weighted by Crippen LogP contribution is 2.23. The Morgan fingerprint density at radius 2 is 2.25 bits per heavy atom. The van der Waals surface area contributed by atoms with Gasteiger partial charge in [0.2, 0.25) is 5.91 Å². The minimum Gasteiger partial charge on any atom is -0.341 e. The zero-order chi connectivity index (χ0) is 14.7. The van der Waals surface area contributed by atoms with Crippen LogP contribution >= 0.6 is 11.6 Å². The fourth-order valence-electron chi connectivity index (χ4n) is 2.72. The van der Waals surface area contributed by atoms with Crippen molar-refractivity contribution < 1.29 is 9.18 Å². The van der Waals surface area contributed by atoms with Gasteiger partial charge in [-0.2, -0.15) is 0 Å². The van der Waals surface area contributed by atoms with Crippen molar-refractivity contribution in [1.82, 2.24) is 4.90 Å². The molecule has 2 N–H and O–H groups in total. The van der Waals surface area contributed by atoms with Gasteiger partial charge < -0.3 is 10.6 Å². The van der Waals surface area contributed by atoms with Gasteiger partial charge in [0.1, 0.15) is 5.82 Å². The molecule has 1 aliphatic heterocycles. The lowest BCUT2D eigenvalue weighted by Gasteiger charge is -2.16. The Bertz CT molecular complexity index is 495. The molecule has 1 amide bonds. The maximum Gasteiger partial charge on any atom is 0.227 e. The molecule has 0 saturated carbocycles. The Morgan fingerprint density at radius 3 is 2.90 bits per heavy atom. The van der Waals surface area contributed by atoms with Gasteiger partial charge in [-0.05, 0) is 30.0 Å². The molecule has 0 spiro atoms. The predicted molar refractivity (Wildman–Crippen MR) is 78.1 cm³/mol. The second kappa shape index (κ2) is 6.55. The molecule has 110 valence electrons. The van der Waals surface area contributed by atoms with Crippen molar-refractivity contribution in [3.05, 3.63) is 34.6 Å². The maximum absolute atomic E-state index is 13.0. The molecule has 1 aromatic carbocycles. The molecular weight excluding hydrogens is 279 g/mol. The third-order valence-electron chi connectivity index (χ3n) is 3.86. The van der Waals surface area contributed by atoms with E-state index in [0.717, 1.165) is 12.8 Å². The number of amides is 1. The zero-order valence-corrected chi connectivity index (χ0v) is 12.4. The first-order valence-electron chi connectivity index (χ1n) is 6.98. The first-order chi connectivity index (χ1) is 9.51. The summed E-state index contributed by atoms with van der Waals surface area (Å²) in [6, 6.07) is 4.18. The average Bonchev–Trinajstić information content (AvgIpc) is 2.75. The highest BCUT2D eigenvalue weighted by atomic mass is 35.5. The SMILES string of the molecule is CCCC1CN(C(=O)Cc2ccc(F)cc2Cl)CC1N. The summed E-state index contributed by atoms with van der Waals surface area (Å²) in [7, 11) is 0. The molecular formula is C15H20ClFN2O. The van der Waals surface area contributed by atoms with Crippen LogP contribution in [0.5, 0.6) is 0 Å². The molecule has 5 heteroatoms. The number of carbonyl (C=O) groups excluding carboxylic acids is 1. The van der Waals surface area contributed by atoms with Gasteiger partial charge in [-0.15, -0.1) is 0 Å². The van der Waals surface area contributed by atoms with Crippen LogP contribution in [0.1, 0.15) is 25.3 Å². The van der Waals surface area contributed by atoms with Crippen LogP contribution < -0.4 is 5.73 Å². The minimum atomic E-state index is -0.391. The smallest absolute Gasteiger partial charge is 0.227 e. The molecule has 2 unspecified atom stereocenters. The molecule has 0 radical (unpaired) electrons. The number of likely N-dealkylation sites (tertiary alicyclic amines) is 1. The van der Waals surface area contributed by atoms with Crippen molar-refractivity contribution in [2.24, 2.45) is 11.7 Å². The van der Waals surface area contributed by atoms with Gasteiger partial charge in [0, 0.05) is 24.2 Å². The molecule has 1 heterocycles. The molecule has 1 saturated heterocycles. The minimum absolute atomic E-state index is 0.00700. The quantitative estimate of drug-likeness (QED) is 0.929. The highest BCUT2D eigenvalue weighted by Gasteiger charge is 2.32. The lowest BCUT2D eigenvalue weighted by Crippen LogP contribution is -2.33. The number of hydrogen-bond acceptors (Lipinski definition) is 2. The summed E-state index contributed by atoms with van der Waals surface area (Å²) in [6.07, 6.45) is 2.32. The van der Waals surface area contributed by atoms with E-state index in [1.165, 1.54) is 12.1 Å². The van der Waals surface area contributed by atoms with Gasteiger partial charge in [-0.1, -0.05) is 31.0 Å². The van der Waals surface area contributed by atoms with Crippen molar-refractivity contribution in [2.45, 2.75) is 32.2 Å². The van der Waals surface area contributed by atoms with Crippen molar-refractivity contribution >= 4 is 17.5 Å². The summed E-state index contributed by atoms with van der Waals surface area (Å²) in [4.78, 5) is 14.1. The molecule has 2 rings (SSSR count). The topological polar surface area (TPSA) is 46.3 Å². The fourth-order valence-corrected chi connectivity index (χ4v) is 2.95. The molecule has 1 aliphatic rings. The van der Waals surface area contributed by atoms with Gasteiger partial charge in [0.15, 0.2) is 0 Å². The molecule has 2 atom stereocenters. The number of hydrogen-bond donors (Lipinski definition) is 1. The van der Waals surface area contributed by atoms with E-state index in [2.05, 4.69) is 6.92 Å². The standard InChI is InChI=1S/C15H20ClFN2O/c1-2-3-11-8-19(9-14(11)18)15(20)6-10-4-5-12(17)7-13(10)16/h4-5,7,11,14H,2-3,6,8-9,18H2,1H3. The lowest BCUT2D eigenvalue weighted by atomic mass is 9.99. The number of nitrogens with zero attached hydrogens (tertiary/aromatic N) is 1. The molecule has 1 fully saturated rings. The van der Waals surface area contributed by atoms with Crippen LogP contribution in [0, 0.1) is 11.7 Å². The van der Waals surface area contributed by atoms with Crippen molar-refractivity contribution in [1.29, 1.82) is 0 Å². The number of benzene rings is 1. The summed E-state index contributed by atoms with van der Waals surface area (Å²) in [6.45, 7) is 3.43. The summed E-state index contributed by atoms with van der Waals surface area (Å²) < 4.78 is 13.0. The van der Waals surface area contributed by atoms with Crippen LogP contribution in [0.3, 0.4) is 0 Å². The summed E-state index contributed by atoms with van der Waals surface area (Å²) in [5.74, 6) is -0.00222. The van der Waals surface area contributed by atoms with Gasteiger partial charge in [0.25, 0.3) is 0 Å². The Morgan fingerprint density at radius 1 is 1.50 bits per heavy atom. The van der Waals surface area contributed by atoms with Crippen LogP contribution in [0.2, 0.25) is 5.02 Å². The van der Waals surface area contributed by atoms with E-state index >= 15 is 0 Å². The number of carbonyl (C=O) groups is 1. The van der Waals surface area contributed by atoms with E-state index in [-0.39, 0.29) is 18.4 Å². The van der Waals surface area contributed by atoms with Crippen LogP contribution in [-0.4, -0.2) is 29.9 Å². The fraction of sp³-hybridized carbons (Fsp3) is 0.533. The van der Waals surface area contributed by atoms with Crippen LogP contribution in [0.25, 0.3) is 0 Å². The van der Waals surface area contributed by atoms with Gasteiger partial charge in [-0.25, -0.2) is 4.39 Å².